The summed E-state index contributed by atoms with van der Waals surface area (Å²) in [5.41, 5.74) is 1.99. The number of carboxylic acids is 1. The molecule has 1 fully saturated rings. The second-order valence-electron chi connectivity index (χ2n) is 5.64. The van der Waals surface area contributed by atoms with E-state index in [1.165, 1.54) is 5.56 Å². The standard InChI is InChI=1S/C16H21NO3/c1-11(2)12-3-5-13(6-4-12)15(16(19)20)17-9-7-14(18)8-10-17/h3-6,11,15H,7-10H2,1-2H3,(H,19,20). The molecule has 108 valence electrons. The van der Waals surface area contributed by atoms with E-state index in [1.807, 2.05) is 29.2 Å². The minimum atomic E-state index is -0.850. The average Bonchev–Trinajstić information content (AvgIpc) is 2.41. The molecule has 4 nitrogen and oxygen atoms in total. The highest BCUT2D eigenvalue weighted by Gasteiger charge is 2.30. The van der Waals surface area contributed by atoms with Crippen molar-refractivity contribution in [2.45, 2.75) is 38.6 Å². The summed E-state index contributed by atoms with van der Waals surface area (Å²) in [6, 6.07) is 7.12. The van der Waals surface area contributed by atoms with Crippen LogP contribution >= 0.6 is 0 Å². The first-order valence-corrected chi connectivity index (χ1v) is 7.07. The van der Waals surface area contributed by atoms with E-state index in [1.54, 1.807) is 0 Å². The van der Waals surface area contributed by atoms with Crippen LogP contribution in [0, 0.1) is 0 Å². The van der Waals surface area contributed by atoms with Gasteiger partial charge in [-0.3, -0.25) is 14.5 Å². The lowest BCUT2D eigenvalue weighted by Crippen LogP contribution is -2.40. The van der Waals surface area contributed by atoms with Gasteiger partial charge in [0.05, 0.1) is 0 Å². The summed E-state index contributed by atoms with van der Waals surface area (Å²) in [4.78, 5) is 24.7. The first-order chi connectivity index (χ1) is 9.49. The van der Waals surface area contributed by atoms with Gasteiger partial charge in [-0.1, -0.05) is 38.1 Å². The summed E-state index contributed by atoms with van der Waals surface area (Å²) in [7, 11) is 0. The second kappa shape index (κ2) is 6.18. The molecule has 1 aliphatic rings. The number of benzene rings is 1. The zero-order chi connectivity index (χ0) is 14.7. The van der Waals surface area contributed by atoms with Crippen molar-refractivity contribution in [3.8, 4) is 0 Å². The van der Waals surface area contributed by atoms with Crippen molar-refractivity contribution in [1.29, 1.82) is 0 Å². The maximum absolute atomic E-state index is 11.6. The van der Waals surface area contributed by atoms with Gasteiger partial charge in [0, 0.05) is 25.9 Å². The molecular formula is C16H21NO3. The van der Waals surface area contributed by atoms with Crippen LogP contribution in [0.2, 0.25) is 0 Å². The zero-order valence-corrected chi connectivity index (χ0v) is 12.0. The van der Waals surface area contributed by atoms with Gasteiger partial charge in [0.25, 0.3) is 0 Å². The molecule has 1 aromatic carbocycles. The number of carboxylic acid groups (broad SMARTS) is 1. The summed E-state index contributed by atoms with van der Waals surface area (Å²) in [6.07, 6.45) is 0.904. The summed E-state index contributed by atoms with van der Waals surface area (Å²) >= 11 is 0. The van der Waals surface area contributed by atoms with Gasteiger partial charge in [0.15, 0.2) is 0 Å². The number of carbonyl (C=O) groups is 2. The normalized spacial score (nSPS) is 18.2. The molecule has 2 rings (SSSR count). The van der Waals surface area contributed by atoms with E-state index in [9.17, 15) is 14.7 Å². The van der Waals surface area contributed by atoms with E-state index in [4.69, 9.17) is 0 Å². The third kappa shape index (κ3) is 3.25. The molecule has 1 heterocycles. The van der Waals surface area contributed by atoms with Gasteiger partial charge in [-0.15, -0.1) is 0 Å². The first-order valence-electron chi connectivity index (χ1n) is 7.07. The number of carbonyl (C=O) groups excluding carboxylic acids is 1. The summed E-state index contributed by atoms with van der Waals surface area (Å²) in [5, 5.41) is 9.50. The van der Waals surface area contributed by atoms with Crippen molar-refractivity contribution < 1.29 is 14.7 Å². The minimum Gasteiger partial charge on any atom is -0.480 e. The van der Waals surface area contributed by atoms with E-state index in [-0.39, 0.29) is 5.78 Å². The fraction of sp³-hybridized carbons (Fsp3) is 0.500. The Balaban J connectivity index is 2.20. The van der Waals surface area contributed by atoms with Crippen molar-refractivity contribution in [2.75, 3.05) is 13.1 Å². The average molecular weight is 275 g/mol. The summed E-state index contributed by atoms with van der Waals surface area (Å²) in [5.74, 6) is -0.197. The smallest absolute Gasteiger partial charge is 0.325 e. The van der Waals surface area contributed by atoms with Crippen LogP contribution in [0.3, 0.4) is 0 Å². The molecule has 0 aliphatic carbocycles. The monoisotopic (exact) mass is 275 g/mol. The fourth-order valence-electron chi connectivity index (χ4n) is 2.60. The van der Waals surface area contributed by atoms with Crippen LogP contribution in [0.1, 0.15) is 49.8 Å². The van der Waals surface area contributed by atoms with E-state index in [0.717, 1.165) is 5.56 Å². The second-order valence-corrected chi connectivity index (χ2v) is 5.64. The molecular weight excluding hydrogens is 254 g/mol. The number of hydrogen-bond donors (Lipinski definition) is 1. The highest BCUT2D eigenvalue weighted by atomic mass is 16.4. The molecule has 1 aliphatic heterocycles. The largest absolute Gasteiger partial charge is 0.480 e. The van der Waals surface area contributed by atoms with Crippen LogP contribution in [-0.4, -0.2) is 34.8 Å². The summed E-state index contributed by atoms with van der Waals surface area (Å²) < 4.78 is 0. The van der Waals surface area contributed by atoms with Crippen molar-refractivity contribution >= 4 is 11.8 Å². The third-order valence-electron chi connectivity index (χ3n) is 3.87. The quantitative estimate of drug-likeness (QED) is 0.917. The number of Topliss-reactive ketones (excluding diaryl/α,β-unsaturated/α-hetero) is 1. The minimum absolute atomic E-state index is 0.223. The Morgan fingerprint density at radius 1 is 1.10 bits per heavy atom. The van der Waals surface area contributed by atoms with Crippen molar-refractivity contribution in [3.05, 3.63) is 35.4 Å². The van der Waals surface area contributed by atoms with Crippen molar-refractivity contribution in [2.24, 2.45) is 0 Å². The molecule has 1 N–H and O–H groups in total. The van der Waals surface area contributed by atoms with E-state index in [0.29, 0.717) is 31.8 Å². The van der Waals surface area contributed by atoms with Gasteiger partial charge < -0.3 is 5.11 Å². The number of aliphatic carboxylic acids is 1. The van der Waals surface area contributed by atoms with Crippen LogP contribution in [0.4, 0.5) is 0 Å². The summed E-state index contributed by atoms with van der Waals surface area (Å²) in [6.45, 7) is 5.28. The van der Waals surface area contributed by atoms with Gasteiger partial charge in [-0.05, 0) is 17.0 Å². The molecule has 0 aromatic heterocycles. The Bertz CT molecular complexity index is 483. The van der Waals surface area contributed by atoms with Gasteiger partial charge >= 0.3 is 5.97 Å². The Morgan fingerprint density at radius 3 is 2.05 bits per heavy atom. The molecule has 0 saturated carbocycles. The lowest BCUT2D eigenvalue weighted by molar-refractivity contribution is -0.145. The molecule has 4 heteroatoms. The highest BCUT2D eigenvalue weighted by Crippen LogP contribution is 2.25. The van der Waals surface area contributed by atoms with Crippen LogP contribution in [0.5, 0.6) is 0 Å². The Labute approximate surface area is 119 Å². The Hall–Kier alpha value is -1.68. The molecule has 1 unspecified atom stereocenters. The maximum atomic E-state index is 11.6. The molecule has 20 heavy (non-hydrogen) atoms. The van der Waals surface area contributed by atoms with Gasteiger partial charge in [-0.25, -0.2) is 0 Å². The van der Waals surface area contributed by atoms with Crippen LogP contribution < -0.4 is 0 Å². The lowest BCUT2D eigenvalue weighted by Gasteiger charge is -2.31. The Kier molecular flexibility index (Phi) is 4.55. The molecule has 0 bridgehead atoms. The predicted octanol–water partition coefficient (Wildman–Crippen LogP) is 2.60. The van der Waals surface area contributed by atoms with Crippen LogP contribution in [-0.2, 0) is 9.59 Å². The molecule has 0 amide bonds. The van der Waals surface area contributed by atoms with Crippen molar-refractivity contribution in [3.63, 3.8) is 0 Å². The molecule has 1 aromatic rings. The van der Waals surface area contributed by atoms with Gasteiger partial charge in [-0.2, -0.15) is 0 Å². The van der Waals surface area contributed by atoms with Crippen LogP contribution in [0.25, 0.3) is 0 Å². The molecule has 1 saturated heterocycles. The number of hydrogen-bond acceptors (Lipinski definition) is 3. The van der Waals surface area contributed by atoms with Gasteiger partial charge in [0.2, 0.25) is 0 Å². The molecule has 0 radical (unpaired) electrons. The van der Waals surface area contributed by atoms with Crippen LogP contribution in [0.15, 0.2) is 24.3 Å². The molecule has 1 atom stereocenters. The first kappa shape index (κ1) is 14.7. The number of nitrogens with zero attached hydrogens (tertiary/aromatic N) is 1. The zero-order valence-electron chi connectivity index (χ0n) is 12.0. The maximum Gasteiger partial charge on any atom is 0.325 e. The predicted molar refractivity (Wildman–Crippen MR) is 76.7 cm³/mol. The van der Waals surface area contributed by atoms with E-state index < -0.39 is 12.0 Å². The van der Waals surface area contributed by atoms with E-state index in [2.05, 4.69) is 13.8 Å². The molecule has 0 spiro atoms. The highest BCUT2D eigenvalue weighted by molar-refractivity contribution is 5.80. The third-order valence-corrected chi connectivity index (χ3v) is 3.87. The number of rotatable bonds is 4. The Morgan fingerprint density at radius 2 is 1.60 bits per heavy atom. The number of ketones is 1. The van der Waals surface area contributed by atoms with E-state index >= 15 is 0 Å². The topological polar surface area (TPSA) is 57.6 Å². The fourth-order valence-corrected chi connectivity index (χ4v) is 2.60. The SMILES string of the molecule is CC(C)c1ccc(C(C(=O)O)N2CCC(=O)CC2)cc1. The number of likely N-dealkylation sites (tertiary alicyclic amines) is 1. The van der Waals surface area contributed by atoms with Gasteiger partial charge in [0.1, 0.15) is 11.8 Å². The number of piperidine rings is 1. The lowest BCUT2D eigenvalue weighted by atomic mass is 9.97. The van der Waals surface area contributed by atoms with Crippen molar-refractivity contribution in [1.82, 2.24) is 4.90 Å².